The van der Waals surface area contributed by atoms with Crippen LogP contribution in [0.4, 0.5) is 5.82 Å². The zero-order chi connectivity index (χ0) is 16.7. The van der Waals surface area contributed by atoms with Crippen molar-refractivity contribution in [2.75, 3.05) is 18.0 Å². The molecule has 0 radical (unpaired) electrons. The van der Waals surface area contributed by atoms with Crippen molar-refractivity contribution in [1.82, 2.24) is 24.6 Å². The predicted molar refractivity (Wildman–Crippen MR) is 94.8 cm³/mol. The normalized spacial score (nSPS) is 15.4. The highest BCUT2D eigenvalue weighted by atomic mass is 15.3. The summed E-state index contributed by atoms with van der Waals surface area (Å²) in [6.07, 6.45) is 5.67. The van der Waals surface area contributed by atoms with E-state index in [1.807, 2.05) is 48.8 Å². The van der Waals surface area contributed by atoms with Crippen molar-refractivity contribution in [1.29, 1.82) is 0 Å². The third-order valence-corrected chi connectivity index (χ3v) is 4.27. The molecule has 0 N–H and O–H groups in total. The van der Waals surface area contributed by atoms with Crippen LogP contribution in [0.25, 0.3) is 17.8 Å². The molecule has 6 heteroatoms. The molecule has 0 atom stereocenters. The number of fused-ring (bicyclic) bond motifs is 1. The third-order valence-electron chi connectivity index (χ3n) is 4.27. The smallest absolute Gasteiger partial charge is 0.177 e. The van der Waals surface area contributed by atoms with Crippen molar-refractivity contribution < 1.29 is 0 Å². The number of aryl methyl sites for hydroxylation is 2. The van der Waals surface area contributed by atoms with Crippen molar-refractivity contribution in [2.45, 2.75) is 20.8 Å². The fourth-order valence-corrected chi connectivity index (χ4v) is 2.94. The molecule has 6 nitrogen and oxygen atoms in total. The van der Waals surface area contributed by atoms with Crippen molar-refractivity contribution in [3.8, 4) is 0 Å². The van der Waals surface area contributed by atoms with Crippen molar-refractivity contribution in [3.05, 3.63) is 47.3 Å². The molecule has 0 unspecified atom stereocenters. The van der Waals surface area contributed by atoms with E-state index in [2.05, 4.69) is 33.0 Å². The van der Waals surface area contributed by atoms with Gasteiger partial charge in [-0.25, -0.2) is 14.5 Å². The van der Waals surface area contributed by atoms with Crippen LogP contribution in [0.3, 0.4) is 0 Å². The molecule has 0 spiro atoms. The summed E-state index contributed by atoms with van der Waals surface area (Å²) in [5.41, 5.74) is 3.55. The fraction of sp³-hybridized carbons (Fsp3) is 0.333. The van der Waals surface area contributed by atoms with Crippen molar-refractivity contribution >= 4 is 23.6 Å². The molecule has 0 bridgehead atoms. The number of hydrogen-bond donors (Lipinski definition) is 0. The van der Waals surface area contributed by atoms with E-state index in [1.165, 1.54) is 0 Å². The number of pyridine rings is 1. The van der Waals surface area contributed by atoms with Gasteiger partial charge in [-0.05, 0) is 44.1 Å². The minimum absolute atomic E-state index is 0.666. The molecule has 3 aromatic rings. The Morgan fingerprint density at radius 1 is 1.12 bits per heavy atom. The molecular weight excluding hydrogens is 300 g/mol. The van der Waals surface area contributed by atoms with Gasteiger partial charge in [-0.2, -0.15) is 0 Å². The molecule has 3 aromatic heterocycles. The van der Waals surface area contributed by atoms with Crippen molar-refractivity contribution in [2.24, 2.45) is 5.92 Å². The van der Waals surface area contributed by atoms with Crippen LogP contribution in [-0.2, 0) is 0 Å². The first-order valence-corrected chi connectivity index (χ1v) is 8.19. The molecule has 24 heavy (non-hydrogen) atoms. The Kier molecular flexibility index (Phi) is 3.52. The number of hydrogen-bond acceptors (Lipinski definition) is 5. The Hall–Kier alpha value is -2.76. The number of nitrogens with zero attached hydrogens (tertiary/aromatic N) is 6. The fourth-order valence-electron chi connectivity index (χ4n) is 2.94. The zero-order valence-electron chi connectivity index (χ0n) is 14.1. The van der Waals surface area contributed by atoms with E-state index < -0.39 is 0 Å². The number of rotatable bonds is 3. The highest BCUT2D eigenvalue weighted by molar-refractivity contribution is 5.66. The number of aromatic nitrogens is 5. The van der Waals surface area contributed by atoms with Gasteiger partial charge in [-0.1, -0.05) is 13.0 Å². The molecule has 122 valence electrons. The van der Waals surface area contributed by atoms with Crippen LogP contribution in [0.15, 0.2) is 24.4 Å². The van der Waals surface area contributed by atoms with Gasteiger partial charge in [0, 0.05) is 19.3 Å². The highest BCUT2D eigenvalue weighted by Gasteiger charge is 2.23. The minimum Gasteiger partial charge on any atom is -0.356 e. The molecular formula is C18H20N6. The molecule has 1 aliphatic heterocycles. The summed E-state index contributed by atoms with van der Waals surface area (Å²) >= 11 is 0. The lowest BCUT2D eigenvalue weighted by Gasteiger charge is -2.38. The molecule has 1 saturated heterocycles. The van der Waals surface area contributed by atoms with E-state index >= 15 is 0 Å². The van der Waals surface area contributed by atoms with Gasteiger partial charge >= 0.3 is 0 Å². The molecule has 0 amide bonds. The average molecular weight is 320 g/mol. The van der Waals surface area contributed by atoms with Gasteiger partial charge in [0.2, 0.25) is 0 Å². The number of anilines is 1. The van der Waals surface area contributed by atoms with Gasteiger partial charge in [0.15, 0.2) is 11.5 Å². The van der Waals surface area contributed by atoms with Gasteiger partial charge in [0.25, 0.3) is 0 Å². The van der Waals surface area contributed by atoms with E-state index in [1.54, 1.807) is 0 Å². The monoisotopic (exact) mass is 320 g/mol. The molecule has 1 fully saturated rings. The summed E-state index contributed by atoms with van der Waals surface area (Å²) in [6, 6.07) is 6.10. The Morgan fingerprint density at radius 2 is 1.96 bits per heavy atom. The highest BCUT2D eigenvalue weighted by Crippen LogP contribution is 2.22. The van der Waals surface area contributed by atoms with Gasteiger partial charge in [-0.15, -0.1) is 5.10 Å². The maximum absolute atomic E-state index is 4.70. The maximum Gasteiger partial charge on any atom is 0.177 e. The van der Waals surface area contributed by atoms with Crippen LogP contribution in [0.1, 0.15) is 29.8 Å². The van der Waals surface area contributed by atoms with Crippen LogP contribution in [-0.4, -0.2) is 37.7 Å². The lowest BCUT2D eigenvalue weighted by Crippen LogP contribution is -2.45. The summed E-state index contributed by atoms with van der Waals surface area (Å²) in [4.78, 5) is 15.9. The largest absolute Gasteiger partial charge is 0.356 e. The zero-order valence-corrected chi connectivity index (χ0v) is 14.1. The second-order valence-electron chi connectivity index (χ2n) is 6.45. The van der Waals surface area contributed by atoms with Crippen LogP contribution < -0.4 is 4.90 Å². The van der Waals surface area contributed by atoms with Crippen LogP contribution >= 0.6 is 0 Å². The van der Waals surface area contributed by atoms with Crippen LogP contribution in [0.2, 0.25) is 0 Å². The van der Waals surface area contributed by atoms with E-state index in [0.717, 1.165) is 47.6 Å². The summed E-state index contributed by atoms with van der Waals surface area (Å²) in [5.74, 6) is 2.46. The first-order valence-electron chi connectivity index (χ1n) is 8.19. The van der Waals surface area contributed by atoms with Gasteiger partial charge < -0.3 is 4.90 Å². The Morgan fingerprint density at radius 3 is 2.71 bits per heavy atom. The summed E-state index contributed by atoms with van der Waals surface area (Å²) < 4.78 is 1.83. The summed E-state index contributed by atoms with van der Waals surface area (Å²) in [5, 5.41) is 4.52. The Balaban J connectivity index is 1.60. The molecule has 0 saturated carbocycles. The van der Waals surface area contributed by atoms with Gasteiger partial charge in [0.05, 0.1) is 17.1 Å². The lowest BCUT2D eigenvalue weighted by molar-refractivity contribution is 0.443. The SMILES string of the molecule is Cc1ncc(C)n2nc(/C=C/c3cccc(N4CC(C)C4)n3)nc12. The summed E-state index contributed by atoms with van der Waals surface area (Å²) in [6.45, 7) is 8.34. The average Bonchev–Trinajstić information content (AvgIpc) is 2.99. The molecule has 0 aliphatic carbocycles. The van der Waals surface area contributed by atoms with Crippen LogP contribution in [0, 0.1) is 19.8 Å². The molecule has 1 aliphatic rings. The quantitative estimate of drug-likeness (QED) is 0.742. The van der Waals surface area contributed by atoms with Gasteiger partial charge in [0.1, 0.15) is 5.82 Å². The second kappa shape index (κ2) is 5.70. The van der Waals surface area contributed by atoms with E-state index in [4.69, 9.17) is 4.98 Å². The first kappa shape index (κ1) is 14.8. The molecule has 4 rings (SSSR count). The molecule has 4 heterocycles. The van der Waals surface area contributed by atoms with Crippen molar-refractivity contribution in [3.63, 3.8) is 0 Å². The van der Waals surface area contributed by atoms with E-state index in [-0.39, 0.29) is 0 Å². The Labute approximate surface area is 140 Å². The second-order valence-corrected chi connectivity index (χ2v) is 6.45. The maximum atomic E-state index is 4.70. The standard InChI is InChI=1S/C18H20N6/c1-12-10-23(11-12)17-6-4-5-15(20-17)7-8-16-21-18-14(3)19-9-13(2)24(18)22-16/h4-9,12H,10-11H2,1-3H3/b8-7+. The molecule has 0 aromatic carbocycles. The Bertz CT molecular complexity index is 881. The third kappa shape index (κ3) is 2.64. The predicted octanol–water partition coefficient (Wildman–Crippen LogP) is 2.76. The topological polar surface area (TPSA) is 59.2 Å². The minimum atomic E-state index is 0.666. The van der Waals surface area contributed by atoms with E-state index in [0.29, 0.717) is 5.82 Å². The lowest BCUT2D eigenvalue weighted by atomic mass is 10.0. The van der Waals surface area contributed by atoms with Crippen LogP contribution in [0.5, 0.6) is 0 Å². The summed E-state index contributed by atoms with van der Waals surface area (Å²) in [7, 11) is 0. The first-order chi connectivity index (χ1) is 11.6. The van der Waals surface area contributed by atoms with E-state index in [9.17, 15) is 0 Å². The van der Waals surface area contributed by atoms with Gasteiger partial charge in [-0.3, -0.25) is 4.98 Å².